The van der Waals surface area contributed by atoms with Crippen molar-refractivity contribution >= 4 is 0 Å². The predicted octanol–water partition coefficient (Wildman–Crippen LogP) is 1.46. The molecule has 1 fully saturated rings. The molecule has 0 aromatic carbocycles. The second kappa shape index (κ2) is 5.54. The molecule has 1 saturated heterocycles. The van der Waals surface area contributed by atoms with Gasteiger partial charge in [0.15, 0.2) is 0 Å². The third-order valence-electron chi connectivity index (χ3n) is 3.68. The highest BCUT2D eigenvalue weighted by Crippen LogP contribution is 2.25. The van der Waals surface area contributed by atoms with Crippen LogP contribution in [-0.4, -0.2) is 32.9 Å². The van der Waals surface area contributed by atoms with Gasteiger partial charge < -0.3 is 4.98 Å². The van der Waals surface area contributed by atoms with Crippen molar-refractivity contribution in [1.82, 2.24) is 19.9 Å². The monoisotopic (exact) mass is 270 g/mol. The van der Waals surface area contributed by atoms with Crippen LogP contribution >= 0.6 is 0 Å². The molecule has 3 heterocycles. The zero-order chi connectivity index (χ0) is 13.9. The minimum atomic E-state index is -0.0572. The molecule has 1 aliphatic heterocycles. The van der Waals surface area contributed by atoms with Crippen LogP contribution in [0.25, 0.3) is 0 Å². The molecule has 104 valence electrons. The third-order valence-corrected chi connectivity index (χ3v) is 3.68. The lowest BCUT2D eigenvalue weighted by atomic mass is 10.1. The molecule has 2 aromatic heterocycles. The van der Waals surface area contributed by atoms with E-state index in [1.54, 1.807) is 6.20 Å². The highest BCUT2D eigenvalue weighted by Gasteiger charge is 2.25. The molecule has 5 nitrogen and oxygen atoms in total. The molecule has 0 aliphatic carbocycles. The molecule has 0 spiro atoms. The Morgan fingerprint density at radius 1 is 1.50 bits per heavy atom. The number of aryl methyl sites for hydroxylation is 1. The van der Waals surface area contributed by atoms with Gasteiger partial charge in [-0.15, -0.1) is 0 Å². The van der Waals surface area contributed by atoms with Gasteiger partial charge in [-0.3, -0.25) is 14.7 Å². The number of H-pyrrole nitrogens is 1. The van der Waals surface area contributed by atoms with E-state index in [4.69, 9.17) is 0 Å². The second-order valence-electron chi connectivity index (χ2n) is 5.35. The number of pyridine rings is 1. The molecular formula is C15H18N4O. The third kappa shape index (κ3) is 2.93. The van der Waals surface area contributed by atoms with Crippen molar-refractivity contribution in [1.29, 1.82) is 0 Å². The molecular weight excluding hydrogens is 252 g/mol. The largest absolute Gasteiger partial charge is 0.310 e. The number of nitrogens with zero attached hydrogens (tertiary/aromatic N) is 3. The van der Waals surface area contributed by atoms with E-state index in [-0.39, 0.29) is 5.56 Å². The van der Waals surface area contributed by atoms with Crippen LogP contribution in [0.2, 0.25) is 0 Å². The van der Waals surface area contributed by atoms with Crippen LogP contribution in [0.5, 0.6) is 0 Å². The van der Waals surface area contributed by atoms with Gasteiger partial charge in [0.05, 0.1) is 0 Å². The van der Waals surface area contributed by atoms with Crippen molar-refractivity contribution in [3.63, 3.8) is 0 Å². The normalized spacial score (nSPS) is 19.4. The topological polar surface area (TPSA) is 61.9 Å². The predicted molar refractivity (Wildman–Crippen MR) is 76.5 cm³/mol. The Labute approximate surface area is 117 Å². The van der Waals surface area contributed by atoms with Gasteiger partial charge in [0.1, 0.15) is 5.82 Å². The first kappa shape index (κ1) is 13.0. The fraction of sp³-hybridized carbons (Fsp3) is 0.400. The minimum absolute atomic E-state index is 0.0572. The first-order valence-electron chi connectivity index (χ1n) is 6.90. The maximum atomic E-state index is 11.5. The summed E-state index contributed by atoms with van der Waals surface area (Å²) in [5.74, 6) is 1.14. The van der Waals surface area contributed by atoms with Crippen molar-refractivity contribution < 1.29 is 0 Å². The average molecular weight is 270 g/mol. The van der Waals surface area contributed by atoms with Gasteiger partial charge in [-0.1, -0.05) is 6.07 Å². The molecule has 1 atom stereocenters. The molecule has 1 N–H and O–H groups in total. The summed E-state index contributed by atoms with van der Waals surface area (Å²) in [6.45, 7) is 4.72. The van der Waals surface area contributed by atoms with Gasteiger partial charge in [-0.2, -0.15) is 0 Å². The van der Waals surface area contributed by atoms with E-state index >= 15 is 0 Å². The van der Waals surface area contributed by atoms with Crippen molar-refractivity contribution in [2.45, 2.75) is 25.8 Å². The number of likely N-dealkylation sites (tertiary alicyclic amines) is 1. The van der Waals surface area contributed by atoms with E-state index in [0.717, 1.165) is 37.6 Å². The van der Waals surface area contributed by atoms with Crippen molar-refractivity contribution in [3.8, 4) is 0 Å². The van der Waals surface area contributed by atoms with Crippen LogP contribution in [0.1, 0.15) is 29.4 Å². The molecule has 0 radical (unpaired) electrons. The Balaban J connectivity index is 1.69. The summed E-state index contributed by atoms with van der Waals surface area (Å²) in [4.78, 5) is 25.4. The van der Waals surface area contributed by atoms with Crippen LogP contribution < -0.4 is 5.56 Å². The standard InChI is InChI=1S/C15H18N4O/c1-11-7-14(20)18-15(17-11)13-4-6-19(10-13)9-12-3-2-5-16-8-12/h2-3,5,7-8,13H,4,6,9-10H2,1H3,(H,17,18,20). The molecule has 0 amide bonds. The Hall–Kier alpha value is -2.01. The van der Waals surface area contributed by atoms with E-state index in [1.165, 1.54) is 11.6 Å². The van der Waals surface area contributed by atoms with Crippen molar-refractivity contribution in [2.75, 3.05) is 13.1 Å². The zero-order valence-electron chi connectivity index (χ0n) is 11.5. The van der Waals surface area contributed by atoms with Gasteiger partial charge in [0.2, 0.25) is 0 Å². The maximum absolute atomic E-state index is 11.5. The number of aromatic nitrogens is 3. The number of rotatable bonds is 3. The SMILES string of the molecule is Cc1cc(=O)[nH]c(C2CCN(Cc3cccnc3)C2)n1. The highest BCUT2D eigenvalue weighted by atomic mass is 16.1. The van der Waals surface area contributed by atoms with Crippen molar-refractivity contribution in [2.24, 2.45) is 0 Å². The van der Waals surface area contributed by atoms with E-state index in [9.17, 15) is 4.79 Å². The fourth-order valence-electron chi connectivity index (χ4n) is 2.74. The number of aromatic amines is 1. The van der Waals surface area contributed by atoms with Crippen LogP contribution in [-0.2, 0) is 6.54 Å². The van der Waals surface area contributed by atoms with Crippen LogP contribution in [0.4, 0.5) is 0 Å². The Bertz CT molecular complexity index is 638. The van der Waals surface area contributed by atoms with Gasteiger partial charge in [-0.25, -0.2) is 4.98 Å². The summed E-state index contributed by atoms with van der Waals surface area (Å²) in [7, 11) is 0. The summed E-state index contributed by atoms with van der Waals surface area (Å²) < 4.78 is 0. The first-order chi connectivity index (χ1) is 9.70. The number of hydrogen-bond acceptors (Lipinski definition) is 4. The Morgan fingerprint density at radius 2 is 2.40 bits per heavy atom. The molecule has 3 rings (SSSR count). The molecule has 1 aliphatic rings. The molecule has 5 heteroatoms. The molecule has 20 heavy (non-hydrogen) atoms. The number of hydrogen-bond donors (Lipinski definition) is 1. The average Bonchev–Trinajstić information content (AvgIpc) is 2.87. The summed E-state index contributed by atoms with van der Waals surface area (Å²) in [5, 5.41) is 0. The summed E-state index contributed by atoms with van der Waals surface area (Å²) in [6, 6.07) is 5.58. The summed E-state index contributed by atoms with van der Waals surface area (Å²) in [5.41, 5.74) is 1.95. The number of nitrogens with one attached hydrogen (secondary N) is 1. The highest BCUT2D eigenvalue weighted by molar-refractivity contribution is 5.10. The summed E-state index contributed by atoms with van der Waals surface area (Å²) >= 11 is 0. The van der Waals surface area contributed by atoms with E-state index in [1.807, 2.05) is 19.2 Å². The van der Waals surface area contributed by atoms with Gasteiger partial charge in [0.25, 0.3) is 5.56 Å². The molecule has 0 saturated carbocycles. The van der Waals surface area contributed by atoms with E-state index in [2.05, 4.69) is 25.9 Å². The van der Waals surface area contributed by atoms with Gasteiger partial charge >= 0.3 is 0 Å². The summed E-state index contributed by atoms with van der Waals surface area (Å²) in [6.07, 6.45) is 4.73. The lowest BCUT2D eigenvalue weighted by molar-refractivity contribution is 0.325. The quantitative estimate of drug-likeness (QED) is 0.917. The van der Waals surface area contributed by atoms with Crippen molar-refractivity contribution in [3.05, 3.63) is 58.0 Å². The van der Waals surface area contributed by atoms with E-state index < -0.39 is 0 Å². The van der Waals surface area contributed by atoms with Crippen LogP contribution in [0.15, 0.2) is 35.4 Å². The molecule has 1 unspecified atom stereocenters. The fourth-order valence-corrected chi connectivity index (χ4v) is 2.74. The lowest BCUT2D eigenvalue weighted by Crippen LogP contribution is -2.21. The van der Waals surface area contributed by atoms with Gasteiger partial charge in [0, 0.05) is 43.2 Å². The van der Waals surface area contributed by atoms with Crippen LogP contribution in [0, 0.1) is 6.92 Å². The lowest BCUT2D eigenvalue weighted by Gasteiger charge is -2.15. The Morgan fingerprint density at radius 3 is 3.15 bits per heavy atom. The van der Waals surface area contributed by atoms with E-state index in [0.29, 0.717) is 5.92 Å². The maximum Gasteiger partial charge on any atom is 0.251 e. The smallest absolute Gasteiger partial charge is 0.251 e. The van der Waals surface area contributed by atoms with Gasteiger partial charge in [-0.05, 0) is 31.5 Å². The zero-order valence-corrected chi connectivity index (χ0v) is 11.5. The second-order valence-corrected chi connectivity index (χ2v) is 5.35. The first-order valence-corrected chi connectivity index (χ1v) is 6.90. The minimum Gasteiger partial charge on any atom is -0.310 e. The Kier molecular flexibility index (Phi) is 3.60. The molecule has 2 aromatic rings. The molecule has 0 bridgehead atoms. The van der Waals surface area contributed by atoms with Crippen LogP contribution in [0.3, 0.4) is 0 Å².